The molecule has 2 N–H and O–H groups in total. The van der Waals surface area contributed by atoms with Gasteiger partial charge in [-0.3, -0.25) is 9.36 Å². The van der Waals surface area contributed by atoms with Crippen LogP contribution in [-0.2, 0) is 18.4 Å². The zero-order valence-electron chi connectivity index (χ0n) is 62.4. The highest BCUT2D eigenvalue weighted by Crippen LogP contribution is 2.38. The number of unbranched alkanes of at least 4 members (excludes halogenated alkanes) is 42. The molecule has 0 saturated heterocycles. The normalized spacial score (nSPS) is 14.2. The molecule has 3 unspecified atom stereocenters. The van der Waals surface area contributed by atoms with E-state index < -0.39 is 26.6 Å². The second-order valence-corrected chi connectivity index (χ2v) is 29.4. The predicted molar refractivity (Wildman–Crippen MR) is 412 cm³/mol. The molecule has 0 aliphatic heterocycles. The van der Waals surface area contributed by atoms with Gasteiger partial charge < -0.3 is 28.8 Å². The lowest BCUT2D eigenvalue weighted by molar-refractivity contribution is -0.870. The van der Waals surface area contributed by atoms with Crippen LogP contribution >= 0.6 is 7.82 Å². The summed E-state index contributed by atoms with van der Waals surface area (Å²) in [5.74, 6) is -0.209. The van der Waals surface area contributed by atoms with E-state index in [2.05, 4.69) is 129 Å². The van der Waals surface area contributed by atoms with E-state index in [1.165, 1.54) is 250 Å². The Balaban J connectivity index is 4.03. The van der Waals surface area contributed by atoms with Crippen LogP contribution in [0.3, 0.4) is 0 Å². The summed E-state index contributed by atoms with van der Waals surface area (Å²) in [6.45, 7) is 4.54. The Bertz CT molecular complexity index is 1960. The summed E-state index contributed by atoms with van der Waals surface area (Å²) in [5.41, 5.74) is 0. The van der Waals surface area contributed by atoms with Crippen molar-refractivity contribution < 1.29 is 32.9 Å². The summed E-state index contributed by atoms with van der Waals surface area (Å²) in [4.78, 5) is 25.7. The number of aliphatic hydroxyl groups is 1. The largest absolute Gasteiger partial charge is 0.756 e. The van der Waals surface area contributed by atoms with Crippen molar-refractivity contribution >= 4 is 13.7 Å². The molecule has 8 nitrogen and oxygen atoms in total. The van der Waals surface area contributed by atoms with Gasteiger partial charge in [0, 0.05) is 6.42 Å². The topological polar surface area (TPSA) is 108 Å². The van der Waals surface area contributed by atoms with Crippen LogP contribution in [0.25, 0.3) is 0 Å². The number of aliphatic hydroxyl groups excluding tert-OH is 1. The van der Waals surface area contributed by atoms with Crippen molar-refractivity contribution in [3.63, 3.8) is 0 Å². The first-order valence-corrected chi connectivity index (χ1v) is 41.4. The van der Waals surface area contributed by atoms with E-state index in [4.69, 9.17) is 9.05 Å². The third-order valence-electron chi connectivity index (χ3n) is 17.6. The number of carbonyl (C=O) groups excluding carboxylic acids is 1. The zero-order valence-corrected chi connectivity index (χ0v) is 63.3. The lowest BCUT2D eigenvalue weighted by Gasteiger charge is -2.29. The summed E-state index contributed by atoms with van der Waals surface area (Å²) in [6.07, 6.45) is 111. The lowest BCUT2D eigenvalue weighted by Crippen LogP contribution is -2.45. The number of hydrogen-bond acceptors (Lipinski definition) is 6. The van der Waals surface area contributed by atoms with E-state index >= 15 is 0 Å². The van der Waals surface area contributed by atoms with Gasteiger partial charge in [-0.2, -0.15) is 0 Å². The molecule has 0 aromatic carbocycles. The number of phosphoric ester groups is 1. The predicted octanol–water partition coefficient (Wildman–Crippen LogP) is 25.7. The van der Waals surface area contributed by atoms with E-state index in [0.29, 0.717) is 17.4 Å². The van der Waals surface area contributed by atoms with Gasteiger partial charge in [-0.05, 0) is 103 Å². The minimum absolute atomic E-state index is 0.0117. The first-order chi connectivity index (χ1) is 46.0. The molecular formula is C85H153N2O6P. The van der Waals surface area contributed by atoms with Crippen molar-refractivity contribution in [2.45, 2.75) is 373 Å². The van der Waals surface area contributed by atoms with Crippen molar-refractivity contribution in [3.05, 3.63) is 122 Å². The molecular weight excluding hydrogens is 1180 g/mol. The molecule has 0 heterocycles. The summed E-state index contributed by atoms with van der Waals surface area (Å²) in [7, 11) is 1.24. The first-order valence-electron chi connectivity index (χ1n) is 39.9. The van der Waals surface area contributed by atoms with Crippen LogP contribution in [0.15, 0.2) is 122 Å². The molecule has 3 atom stereocenters. The van der Waals surface area contributed by atoms with Gasteiger partial charge in [-0.1, -0.05) is 373 Å². The number of nitrogens with one attached hydrogen (secondary N) is 1. The van der Waals surface area contributed by atoms with Crippen molar-refractivity contribution in [2.24, 2.45) is 0 Å². The Labute approximate surface area is 584 Å². The molecule has 1 amide bonds. The van der Waals surface area contributed by atoms with E-state index in [0.717, 1.165) is 89.9 Å². The molecule has 544 valence electrons. The van der Waals surface area contributed by atoms with Crippen LogP contribution in [0.5, 0.6) is 0 Å². The summed E-state index contributed by atoms with van der Waals surface area (Å²) in [5, 5.41) is 14.0. The van der Waals surface area contributed by atoms with Gasteiger partial charge >= 0.3 is 0 Å². The number of allylic oxidation sites excluding steroid dienone is 19. The Morgan fingerprint density at radius 3 is 0.989 bits per heavy atom. The van der Waals surface area contributed by atoms with Gasteiger partial charge in [0.25, 0.3) is 7.82 Å². The Morgan fingerprint density at radius 2 is 0.660 bits per heavy atom. The fourth-order valence-electron chi connectivity index (χ4n) is 11.5. The van der Waals surface area contributed by atoms with Gasteiger partial charge in [0.1, 0.15) is 13.2 Å². The fourth-order valence-corrected chi connectivity index (χ4v) is 12.2. The van der Waals surface area contributed by atoms with Gasteiger partial charge in [0.05, 0.1) is 39.9 Å². The van der Waals surface area contributed by atoms with Crippen LogP contribution in [0.1, 0.15) is 361 Å². The number of carbonyl (C=O) groups is 1. The maximum atomic E-state index is 13.1. The van der Waals surface area contributed by atoms with Crippen LogP contribution < -0.4 is 10.2 Å². The van der Waals surface area contributed by atoms with E-state index in [1.807, 2.05) is 27.2 Å². The molecule has 0 rings (SSSR count). The second-order valence-electron chi connectivity index (χ2n) is 28.0. The van der Waals surface area contributed by atoms with E-state index in [1.54, 1.807) is 6.08 Å². The number of rotatable bonds is 73. The minimum Gasteiger partial charge on any atom is -0.756 e. The summed E-state index contributed by atoms with van der Waals surface area (Å²) >= 11 is 0. The standard InChI is InChI=1S/C85H153N2O6P/c1-6-8-10-12-14-16-18-20-22-24-26-28-30-32-34-36-38-39-40-41-42-43-44-45-46-47-49-51-53-55-57-59-61-63-65-67-69-71-73-75-77-79-85(89)86-83(82-93-94(90,91)92-81-80-87(3,4)5)84(88)78-76-74-72-70-68-66-64-62-60-58-56-54-52-50-48-37-35-33-31-29-27-25-23-21-19-17-15-13-11-9-7-2/h8,10,14,16,20,22,26,28,32,34,38-39,41-42,60,62,68,70,76,78,83-84,88H,6-7,9,11-13,15,17-19,21,23-25,27,29-31,33,35-37,40,43-59,61,63-67,69,71-75,77,79-82H2,1-5H3,(H-,86,89,90,91)/b10-8-,16-14-,22-20-,28-26-,34-32-,39-38-,42-41-,62-60+,70-68+,78-76+. The van der Waals surface area contributed by atoms with E-state index in [9.17, 15) is 19.4 Å². The summed E-state index contributed by atoms with van der Waals surface area (Å²) in [6, 6.07) is -0.917. The molecule has 0 spiro atoms. The average molecular weight is 1330 g/mol. The van der Waals surface area contributed by atoms with E-state index in [-0.39, 0.29) is 12.5 Å². The monoisotopic (exact) mass is 1330 g/mol. The number of hydrogen-bond donors (Lipinski definition) is 2. The smallest absolute Gasteiger partial charge is 0.268 e. The molecule has 94 heavy (non-hydrogen) atoms. The number of quaternary nitrogens is 1. The van der Waals surface area contributed by atoms with Crippen molar-refractivity contribution in [3.8, 4) is 0 Å². The quantitative estimate of drug-likeness (QED) is 0.0272. The lowest BCUT2D eigenvalue weighted by atomic mass is 10.0. The highest BCUT2D eigenvalue weighted by molar-refractivity contribution is 7.45. The molecule has 0 aliphatic carbocycles. The Morgan fingerprint density at radius 1 is 0.383 bits per heavy atom. The van der Waals surface area contributed by atoms with Gasteiger partial charge in [0.15, 0.2) is 0 Å². The van der Waals surface area contributed by atoms with Crippen LogP contribution in [0, 0.1) is 0 Å². The Kier molecular flexibility index (Phi) is 71.7. The van der Waals surface area contributed by atoms with Crippen molar-refractivity contribution in [2.75, 3.05) is 40.9 Å². The van der Waals surface area contributed by atoms with Gasteiger partial charge in [-0.25, -0.2) is 0 Å². The van der Waals surface area contributed by atoms with Crippen molar-refractivity contribution in [1.29, 1.82) is 0 Å². The minimum atomic E-state index is -4.62. The molecule has 0 aromatic heterocycles. The fraction of sp³-hybridized carbons (Fsp3) is 0.753. The van der Waals surface area contributed by atoms with Gasteiger partial charge in [0.2, 0.25) is 5.91 Å². The molecule has 0 bridgehead atoms. The highest BCUT2D eigenvalue weighted by atomic mass is 31.2. The third-order valence-corrected chi connectivity index (χ3v) is 18.6. The summed E-state index contributed by atoms with van der Waals surface area (Å²) < 4.78 is 23.5. The number of phosphoric acid groups is 1. The van der Waals surface area contributed by atoms with Crippen LogP contribution in [0.4, 0.5) is 0 Å². The first kappa shape index (κ1) is 90.9. The highest BCUT2D eigenvalue weighted by Gasteiger charge is 2.23. The maximum Gasteiger partial charge on any atom is 0.268 e. The molecule has 0 radical (unpaired) electrons. The average Bonchev–Trinajstić information content (AvgIpc) is 1.77. The third kappa shape index (κ3) is 76.3. The molecule has 0 aromatic rings. The number of amides is 1. The molecule has 9 heteroatoms. The van der Waals surface area contributed by atoms with Crippen LogP contribution in [0.2, 0.25) is 0 Å². The van der Waals surface area contributed by atoms with Crippen molar-refractivity contribution in [1.82, 2.24) is 5.32 Å². The van der Waals surface area contributed by atoms with Crippen LogP contribution in [-0.4, -0.2) is 68.5 Å². The maximum absolute atomic E-state index is 13.1. The Hall–Kier alpha value is -3.10. The van der Waals surface area contributed by atoms with Gasteiger partial charge in [-0.15, -0.1) is 0 Å². The number of nitrogens with zero attached hydrogens (tertiary/aromatic N) is 1. The number of likely N-dealkylation sites (N-methyl/N-ethyl adjacent to an activating group) is 1. The molecule has 0 saturated carbocycles. The SMILES string of the molecule is CC/C=C\C/C=C\C/C=C\C/C=C\C/C=C\C/C=C\C/C=C\CCCCCCCCCCCCCCCCCCCCCC(=O)NC(COP(=O)([O-])OCC[N+](C)(C)C)C(O)/C=C/CC/C=C/CC/C=C/CCCCCCCCCCCCCCCCCCCCCCC. The molecule has 0 aliphatic rings. The zero-order chi connectivity index (χ0) is 68.3. The molecule has 0 fully saturated rings. The second kappa shape index (κ2) is 74.1.